The Labute approximate surface area is 101 Å². The van der Waals surface area contributed by atoms with Gasteiger partial charge in [0, 0.05) is 18.9 Å². The monoisotopic (exact) mass is 235 g/mol. The summed E-state index contributed by atoms with van der Waals surface area (Å²) in [6, 6.07) is 4.65. The Bertz CT molecular complexity index is 440. The van der Waals surface area contributed by atoms with Crippen LogP contribution in [-0.4, -0.2) is 22.8 Å². The molecular formula is C13H17NO3. The molecule has 0 radical (unpaired) electrons. The van der Waals surface area contributed by atoms with Gasteiger partial charge in [0.05, 0.1) is 6.04 Å². The first kappa shape index (κ1) is 13.2. The number of phenols is 1. The number of phenolic OH excluding ortho intramolecular Hbond substituents is 1. The number of ketones is 1. The number of carbonyl (C=O) groups excluding carboxylic acids is 2. The molecule has 0 saturated heterocycles. The first-order valence-corrected chi connectivity index (χ1v) is 5.48. The van der Waals surface area contributed by atoms with Gasteiger partial charge >= 0.3 is 0 Å². The molecule has 0 heterocycles. The molecule has 1 unspecified atom stereocenters. The molecule has 0 spiro atoms. The first-order valence-electron chi connectivity index (χ1n) is 5.48. The third kappa shape index (κ3) is 3.90. The summed E-state index contributed by atoms with van der Waals surface area (Å²) in [6.07, 6.45) is 0.119. The number of Topliss-reactive ketones (excluding diaryl/α,β-unsaturated/α-hetero) is 1. The van der Waals surface area contributed by atoms with E-state index in [4.69, 9.17) is 0 Å². The molecule has 1 atom stereocenters. The number of aryl methyl sites for hydroxylation is 1. The lowest BCUT2D eigenvalue weighted by atomic mass is 10.0. The number of rotatable bonds is 4. The molecule has 4 heteroatoms. The van der Waals surface area contributed by atoms with Gasteiger partial charge in [0.25, 0.3) is 0 Å². The van der Waals surface area contributed by atoms with Crippen LogP contribution < -0.4 is 5.32 Å². The summed E-state index contributed by atoms with van der Waals surface area (Å²) in [5.74, 6) is -0.244. The minimum atomic E-state index is -0.534. The number of hydrogen-bond donors (Lipinski definition) is 2. The van der Waals surface area contributed by atoms with Crippen molar-refractivity contribution in [1.29, 1.82) is 0 Å². The van der Waals surface area contributed by atoms with Gasteiger partial charge in [-0.15, -0.1) is 0 Å². The van der Waals surface area contributed by atoms with Crippen molar-refractivity contribution in [3.8, 4) is 5.75 Å². The van der Waals surface area contributed by atoms with Crippen LogP contribution >= 0.6 is 0 Å². The molecule has 0 bridgehead atoms. The van der Waals surface area contributed by atoms with Gasteiger partial charge in [0.1, 0.15) is 5.75 Å². The van der Waals surface area contributed by atoms with Crippen molar-refractivity contribution < 1.29 is 14.7 Å². The Kier molecular flexibility index (Phi) is 4.26. The standard InChI is InChI=1S/C13H17NO3/c1-8-4-5-11(13(17)6-8)7-12(16)9(2)14-10(3)15/h4-6,9,17H,7H2,1-3H3,(H,14,15). The highest BCUT2D eigenvalue weighted by atomic mass is 16.3. The summed E-state index contributed by atoms with van der Waals surface area (Å²) in [5.41, 5.74) is 1.52. The van der Waals surface area contributed by atoms with Crippen molar-refractivity contribution in [3.05, 3.63) is 29.3 Å². The van der Waals surface area contributed by atoms with Crippen molar-refractivity contribution >= 4 is 11.7 Å². The average molecular weight is 235 g/mol. The fourth-order valence-corrected chi connectivity index (χ4v) is 1.55. The van der Waals surface area contributed by atoms with Crippen molar-refractivity contribution in [3.63, 3.8) is 0 Å². The van der Waals surface area contributed by atoms with Crippen LogP contribution in [0.15, 0.2) is 18.2 Å². The molecule has 2 N–H and O–H groups in total. The van der Waals surface area contributed by atoms with Gasteiger partial charge in [-0.3, -0.25) is 9.59 Å². The fraction of sp³-hybridized carbons (Fsp3) is 0.385. The lowest BCUT2D eigenvalue weighted by molar-refractivity contribution is -0.126. The third-order valence-electron chi connectivity index (χ3n) is 2.51. The second-order valence-corrected chi connectivity index (χ2v) is 4.20. The summed E-state index contributed by atoms with van der Waals surface area (Å²) < 4.78 is 0. The maximum atomic E-state index is 11.8. The lowest BCUT2D eigenvalue weighted by Gasteiger charge is -2.12. The molecule has 0 aliphatic heterocycles. The fourth-order valence-electron chi connectivity index (χ4n) is 1.55. The normalized spacial score (nSPS) is 11.9. The van der Waals surface area contributed by atoms with Gasteiger partial charge in [-0.1, -0.05) is 12.1 Å². The number of nitrogens with one attached hydrogen (secondary N) is 1. The van der Waals surface area contributed by atoms with Crippen LogP contribution in [0.3, 0.4) is 0 Å². The summed E-state index contributed by atoms with van der Waals surface area (Å²) >= 11 is 0. The Morgan fingerprint density at radius 3 is 2.59 bits per heavy atom. The highest BCUT2D eigenvalue weighted by Crippen LogP contribution is 2.19. The van der Waals surface area contributed by atoms with Gasteiger partial charge in [-0.2, -0.15) is 0 Å². The predicted octanol–water partition coefficient (Wildman–Crippen LogP) is 1.34. The minimum absolute atomic E-state index is 0.119. The average Bonchev–Trinajstić information content (AvgIpc) is 2.21. The molecule has 92 valence electrons. The van der Waals surface area contributed by atoms with E-state index in [1.165, 1.54) is 6.92 Å². The summed E-state index contributed by atoms with van der Waals surface area (Å²) in [5, 5.41) is 12.2. The number of carbonyl (C=O) groups is 2. The van der Waals surface area contributed by atoms with Crippen LogP contribution in [0.5, 0.6) is 5.75 Å². The van der Waals surface area contributed by atoms with E-state index in [1.807, 2.05) is 13.0 Å². The minimum Gasteiger partial charge on any atom is -0.508 e. The third-order valence-corrected chi connectivity index (χ3v) is 2.51. The maximum Gasteiger partial charge on any atom is 0.217 e. The molecular weight excluding hydrogens is 218 g/mol. The molecule has 0 aromatic heterocycles. The van der Waals surface area contributed by atoms with Crippen molar-refractivity contribution in [2.75, 3.05) is 0 Å². The highest BCUT2D eigenvalue weighted by molar-refractivity contribution is 5.89. The predicted molar refractivity (Wildman–Crippen MR) is 64.8 cm³/mol. The van der Waals surface area contributed by atoms with Gasteiger partial charge in [-0.25, -0.2) is 0 Å². The molecule has 1 rings (SSSR count). The molecule has 1 aromatic rings. The van der Waals surface area contributed by atoms with Gasteiger partial charge in [0.15, 0.2) is 5.78 Å². The zero-order valence-corrected chi connectivity index (χ0v) is 10.3. The van der Waals surface area contributed by atoms with Crippen LogP contribution in [0.4, 0.5) is 0 Å². The second kappa shape index (κ2) is 5.48. The van der Waals surface area contributed by atoms with Crippen molar-refractivity contribution in [2.24, 2.45) is 0 Å². The number of aromatic hydroxyl groups is 1. The molecule has 4 nitrogen and oxygen atoms in total. The summed E-state index contributed by atoms with van der Waals surface area (Å²) in [4.78, 5) is 22.6. The van der Waals surface area contributed by atoms with Gasteiger partial charge in [-0.05, 0) is 25.5 Å². The van der Waals surface area contributed by atoms with E-state index in [9.17, 15) is 14.7 Å². The highest BCUT2D eigenvalue weighted by Gasteiger charge is 2.15. The first-order chi connectivity index (χ1) is 7.90. The van der Waals surface area contributed by atoms with E-state index in [-0.39, 0.29) is 23.9 Å². The van der Waals surface area contributed by atoms with Gasteiger partial charge in [0.2, 0.25) is 5.91 Å². The molecule has 17 heavy (non-hydrogen) atoms. The van der Waals surface area contributed by atoms with Crippen molar-refractivity contribution in [2.45, 2.75) is 33.2 Å². The number of hydrogen-bond acceptors (Lipinski definition) is 3. The van der Waals surface area contributed by atoms with Crippen LogP contribution in [0.1, 0.15) is 25.0 Å². The van der Waals surface area contributed by atoms with Crippen LogP contribution in [0.2, 0.25) is 0 Å². The lowest BCUT2D eigenvalue weighted by Crippen LogP contribution is -2.37. The Hall–Kier alpha value is -1.84. The molecule has 1 aromatic carbocycles. The largest absolute Gasteiger partial charge is 0.508 e. The molecule has 0 aliphatic rings. The Morgan fingerprint density at radius 2 is 2.06 bits per heavy atom. The number of benzene rings is 1. The quantitative estimate of drug-likeness (QED) is 0.827. The smallest absolute Gasteiger partial charge is 0.217 e. The van der Waals surface area contributed by atoms with E-state index in [1.54, 1.807) is 19.1 Å². The van der Waals surface area contributed by atoms with E-state index in [0.29, 0.717) is 5.56 Å². The zero-order chi connectivity index (χ0) is 13.0. The zero-order valence-electron chi connectivity index (χ0n) is 10.3. The Morgan fingerprint density at radius 1 is 1.41 bits per heavy atom. The van der Waals surface area contributed by atoms with E-state index < -0.39 is 6.04 Å². The second-order valence-electron chi connectivity index (χ2n) is 4.20. The van der Waals surface area contributed by atoms with Crippen LogP contribution in [0, 0.1) is 6.92 Å². The van der Waals surface area contributed by atoms with E-state index in [2.05, 4.69) is 5.32 Å². The molecule has 0 saturated carbocycles. The topological polar surface area (TPSA) is 66.4 Å². The van der Waals surface area contributed by atoms with Gasteiger partial charge < -0.3 is 10.4 Å². The van der Waals surface area contributed by atoms with Crippen LogP contribution in [0.25, 0.3) is 0 Å². The maximum absolute atomic E-state index is 11.8. The molecule has 0 aliphatic carbocycles. The van der Waals surface area contributed by atoms with Crippen molar-refractivity contribution in [1.82, 2.24) is 5.32 Å². The molecule has 0 fully saturated rings. The summed E-state index contributed by atoms with van der Waals surface area (Å²) in [6.45, 7) is 4.87. The Balaban J connectivity index is 2.71. The van der Waals surface area contributed by atoms with Crippen LogP contribution in [-0.2, 0) is 16.0 Å². The van der Waals surface area contributed by atoms with E-state index >= 15 is 0 Å². The summed E-state index contributed by atoms with van der Waals surface area (Å²) in [7, 11) is 0. The number of amides is 1. The molecule has 1 amide bonds. The SMILES string of the molecule is CC(=O)NC(C)C(=O)Cc1ccc(C)cc1O. The van der Waals surface area contributed by atoms with E-state index in [0.717, 1.165) is 5.56 Å².